The predicted molar refractivity (Wildman–Crippen MR) is 68.1 cm³/mol. The van der Waals surface area contributed by atoms with Crippen molar-refractivity contribution in [2.75, 3.05) is 0 Å². The molecule has 1 saturated carbocycles. The Morgan fingerprint density at radius 3 is 3.05 bits per heavy atom. The second-order valence-electron chi connectivity index (χ2n) is 5.05. The van der Waals surface area contributed by atoms with E-state index in [1.165, 1.54) is 15.6 Å². The first-order valence-corrected chi connectivity index (χ1v) is 6.43. The van der Waals surface area contributed by atoms with Crippen molar-refractivity contribution in [3.8, 4) is 0 Å². The van der Waals surface area contributed by atoms with Crippen molar-refractivity contribution in [2.45, 2.75) is 25.3 Å². The third-order valence-corrected chi connectivity index (χ3v) is 3.56. The van der Waals surface area contributed by atoms with Crippen molar-refractivity contribution in [2.24, 2.45) is 7.05 Å². The first kappa shape index (κ1) is 11.3. The van der Waals surface area contributed by atoms with Gasteiger partial charge in [-0.2, -0.15) is 5.10 Å². The molecule has 102 valence electrons. The lowest BCUT2D eigenvalue weighted by Gasteiger charge is -2.02. The lowest BCUT2D eigenvalue weighted by Crippen LogP contribution is -2.25. The smallest absolute Gasteiger partial charge is 0.281 e. The third-order valence-electron chi connectivity index (χ3n) is 3.56. The predicted octanol–water partition coefficient (Wildman–Crippen LogP) is 0.439. The van der Waals surface area contributed by atoms with Gasteiger partial charge in [0.05, 0.1) is 18.9 Å². The molecule has 3 aromatic rings. The van der Waals surface area contributed by atoms with Gasteiger partial charge in [-0.3, -0.25) is 4.79 Å². The van der Waals surface area contributed by atoms with Crippen LogP contribution >= 0.6 is 0 Å². The van der Waals surface area contributed by atoms with E-state index in [0.717, 1.165) is 24.2 Å². The van der Waals surface area contributed by atoms with E-state index in [0.29, 0.717) is 23.5 Å². The molecule has 0 unspecified atom stereocenters. The van der Waals surface area contributed by atoms with Crippen molar-refractivity contribution in [3.05, 3.63) is 34.1 Å². The maximum absolute atomic E-state index is 12.3. The van der Waals surface area contributed by atoms with E-state index in [-0.39, 0.29) is 5.56 Å². The summed E-state index contributed by atoms with van der Waals surface area (Å²) in [6.45, 7) is 0.325. The second kappa shape index (κ2) is 3.99. The molecular formula is C12H12N6O2. The van der Waals surface area contributed by atoms with Gasteiger partial charge in [-0.25, -0.2) is 9.36 Å². The summed E-state index contributed by atoms with van der Waals surface area (Å²) in [5.74, 6) is 1.31. The normalized spacial score (nSPS) is 15.1. The summed E-state index contributed by atoms with van der Waals surface area (Å²) >= 11 is 0. The Morgan fingerprint density at radius 1 is 1.40 bits per heavy atom. The van der Waals surface area contributed by atoms with Gasteiger partial charge < -0.3 is 4.52 Å². The van der Waals surface area contributed by atoms with Crippen LogP contribution in [0.4, 0.5) is 0 Å². The average molecular weight is 272 g/mol. The summed E-state index contributed by atoms with van der Waals surface area (Å²) < 4.78 is 8.11. The quantitative estimate of drug-likeness (QED) is 0.687. The molecule has 1 aliphatic carbocycles. The zero-order valence-electron chi connectivity index (χ0n) is 10.9. The molecule has 0 saturated heterocycles. The molecule has 1 aliphatic rings. The number of nitrogens with zero attached hydrogens (tertiary/aromatic N) is 6. The van der Waals surface area contributed by atoms with Gasteiger partial charge in [-0.15, -0.1) is 5.10 Å². The second-order valence-corrected chi connectivity index (χ2v) is 5.05. The fourth-order valence-corrected chi connectivity index (χ4v) is 2.31. The molecule has 0 aliphatic heterocycles. The molecule has 0 spiro atoms. The van der Waals surface area contributed by atoms with E-state index in [1.54, 1.807) is 13.2 Å². The van der Waals surface area contributed by atoms with E-state index in [1.807, 2.05) is 0 Å². The lowest BCUT2D eigenvalue weighted by atomic mass is 10.2. The Labute approximate surface area is 113 Å². The molecule has 8 heteroatoms. The van der Waals surface area contributed by atoms with Crippen LogP contribution in [0.5, 0.6) is 0 Å². The summed E-state index contributed by atoms with van der Waals surface area (Å²) in [6, 6.07) is 0. The van der Waals surface area contributed by atoms with E-state index in [4.69, 9.17) is 4.52 Å². The highest BCUT2D eigenvalue weighted by molar-refractivity contribution is 5.72. The van der Waals surface area contributed by atoms with Crippen molar-refractivity contribution in [3.63, 3.8) is 0 Å². The molecule has 0 amide bonds. The molecule has 4 rings (SSSR count). The van der Waals surface area contributed by atoms with E-state index >= 15 is 0 Å². The van der Waals surface area contributed by atoms with Gasteiger partial charge in [0.2, 0.25) is 0 Å². The first-order valence-electron chi connectivity index (χ1n) is 6.43. The standard InChI is InChI=1S/C12H12N6O2/c1-17-11-9(5-13-17)12(19)18(16-15-11)6-8-4-14-20-10(8)7-2-3-7/h4-5,7H,2-3,6H2,1H3. The Balaban J connectivity index is 1.77. The average Bonchev–Trinajstić information content (AvgIpc) is 3.07. The Kier molecular flexibility index (Phi) is 2.26. The fraction of sp³-hybridized carbons (Fsp3) is 0.417. The molecule has 3 heterocycles. The minimum atomic E-state index is -0.203. The Morgan fingerprint density at radius 2 is 2.25 bits per heavy atom. The first-order chi connectivity index (χ1) is 9.74. The van der Waals surface area contributed by atoms with Crippen LogP contribution in [-0.4, -0.2) is 29.9 Å². The number of hydrogen-bond acceptors (Lipinski definition) is 6. The van der Waals surface area contributed by atoms with E-state index in [9.17, 15) is 4.79 Å². The molecule has 3 aromatic heterocycles. The zero-order chi connectivity index (χ0) is 13.7. The van der Waals surface area contributed by atoms with Gasteiger partial charge >= 0.3 is 0 Å². The van der Waals surface area contributed by atoms with Crippen LogP contribution < -0.4 is 5.56 Å². The van der Waals surface area contributed by atoms with Crippen LogP contribution in [0.25, 0.3) is 11.0 Å². The Hall–Kier alpha value is -2.51. The van der Waals surface area contributed by atoms with Crippen molar-refractivity contribution >= 4 is 11.0 Å². The minimum Gasteiger partial charge on any atom is -0.361 e. The number of hydrogen-bond donors (Lipinski definition) is 0. The summed E-state index contributed by atoms with van der Waals surface area (Å²) in [5, 5.41) is 16.3. The number of aryl methyl sites for hydroxylation is 1. The fourth-order valence-electron chi connectivity index (χ4n) is 2.31. The van der Waals surface area contributed by atoms with Crippen molar-refractivity contribution in [1.29, 1.82) is 0 Å². The number of aromatic nitrogens is 6. The minimum absolute atomic E-state index is 0.203. The summed E-state index contributed by atoms with van der Waals surface area (Å²) in [4.78, 5) is 12.3. The lowest BCUT2D eigenvalue weighted by molar-refractivity contribution is 0.381. The van der Waals surface area contributed by atoms with Gasteiger partial charge in [-0.1, -0.05) is 10.4 Å². The van der Waals surface area contributed by atoms with Crippen LogP contribution in [0.2, 0.25) is 0 Å². The topological polar surface area (TPSA) is 91.6 Å². The van der Waals surface area contributed by atoms with Crippen LogP contribution in [0, 0.1) is 0 Å². The monoisotopic (exact) mass is 272 g/mol. The highest BCUT2D eigenvalue weighted by Crippen LogP contribution is 2.41. The van der Waals surface area contributed by atoms with Gasteiger partial charge in [0.1, 0.15) is 11.1 Å². The maximum Gasteiger partial charge on any atom is 0.281 e. The largest absolute Gasteiger partial charge is 0.361 e. The SMILES string of the molecule is Cn1ncc2c(=O)n(Cc3cnoc3C3CC3)nnc21. The highest BCUT2D eigenvalue weighted by Gasteiger charge is 2.30. The molecule has 0 atom stereocenters. The van der Waals surface area contributed by atoms with E-state index < -0.39 is 0 Å². The van der Waals surface area contributed by atoms with E-state index in [2.05, 4.69) is 20.6 Å². The Bertz CT molecular complexity index is 841. The molecular weight excluding hydrogens is 260 g/mol. The van der Waals surface area contributed by atoms with Gasteiger partial charge in [0.15, 0.2) is 5.65 Å². The summed E-state index contributed by atoms with van der Waals surface area (Å²) in [7, 11) is 1.73. The van der Waals surface area contributed by atoms with Crippen LogP contribution in [-0.2, 0) is 13.6 Å². The molecule has 20 heavy (non-hydrogen) atoms. The summed E-state index contributed by atoms with van der Waals surface area (Å²) in [5.41, 5.74) is 1.18. The zero-order valence-corrected chi connectivity index (χ0v) is 10.9. The summed E-state index contributed by atoms with van der Waals surface area (Å²) in [6.07, 6.45) is 5.39. The molecule has 8 nitrogen and oxygen atoms in total. The van der Waals surface area contributed by atoms with Crippen LogP contribution in [0.3, 0.4) is 0 Å². The molecule has 0 bridgehead atoms. The molecule has 0 N–H and O–H groups in total. The molecule has 0 aromatic carbocycles. The highest BCUT2D eigenvalue weighted by atomic mass is 16.5. The van der Waals surface area contributed by atoms with Gasteiger partial charge in [0.25, 0.3) is 5.56 Å². The van der Waals surface area contributed by atoms with Crippen LogP contribution in [0.15, 0.2) is 21.7 Å². The van der Waals surface area contributed by atoms with Gasteiger partial charge in [0, 0.05) is 18.5 Å². The van der Waals surface area contributed by atoms with Crippen molar-refractivity contribution in [1.82, 2.24) is 29.9 Å². The molecule has 0 radical (unpaired) electrons. The maximum atomic E-state index is 12.3. The number of rotatable bonds is 3. The van der Waals surface area contributed by atoms with Crippen molar-refractivity contribution < 1.29 is 4.52 Å². The number of fused-ring (bicyclic) bond motifs is 1. The molecule has 1 fully saturated rings. The van der Waals surface area contributed by atoms with Crippen LogP contribution in [0.1, 0.15) is 30.1 Å². The van der Waals surface area contributed by atoms with Gasteiger partial charge in [-0.05, 0) is 12.8 Å². The third kappa shape index (κ3) is 1.64.